The normalized spacial score (nSPS) is 15.8. The second-order valence-corrected chi connectivity index (χ2v) is 3.66. The number of hydrogen-bond acceptors (Lipinski definition) is 0. The third-order valence-corrected chi connectivity index (χ3v) is 2.81. The lowest BCUT2D eigenvalue weighted by atomic mass is 10.0. The Morgan fingerprint density at radius 3 is 2.42 bits per heavy atom. The fourth-order valence-corrected chi connectivity index (χ4v) is 1.97. The van der Waals surface area contributed by atoms with Crippen molar-refractivity contribution in [2.24, 2.45) is 0 Å². The lowest BCUT2D eigenvalue weighted by Crippen LogP contribution is -2.18. The molecule has 0 fully saturated rings. The van der Waals surface area contributed by atoms with Crippen molar-refractivity contribution in [3.05, 3.63) is 33.3 Å². The molecule has 2 rings (SSSR count). The number of benzene rings is 1. The van der Waals surface area contributed by atoms with Crippen LogP contribution in [-0.2, 0) is 13.0 Å². The summed E-state index contributed by atoms with van der Waals surface area (Å²) in [6.45, 7) is 1.59. The van der Waals surface area contributed by atoms with Gasteiger partial charge in [0.05, 0.1) is 0 Å². The number of rotatable bonds is 0. The Balaban J connectivity index is 2.57. The minimum Gasteiger partial charge on any atom is -0.237 e. The van der Waals surface area contributed by atoms with E-state index in [2.05, 4.69) is 5.32 Å². The average Bonchev–Trinajstić information content (AvgIpc) is 2.12. The van der Waals surface area contributed by atoms with E-state index in [-0.39, 0.29) is 0 Å². The minimum atomic E-state index is 0.717. The first-order chi connectivity index (χ1) is 5.79. The van der Waals surface area contributed by atoms with Gasteiger partial charge >= 0.3 is 0 Å². The van der Waals surface area contributed by atoms with Gasteiger partial charge < -0.3 is 0 Å². The van der Waals surface area contributed by atoms with Crippen molar-refractivity contribution in [1.29, 1.82) is 0 Å². The summed E-state index contributed by atoms with van der Waals surface area (Å²) in [7, 11) is 0. The molecular weight excluding hydrogens is 193 g/mol. The Labute approximate surface area is 81.7 Å². The molecule has 3 heteroatoms. The summed E-state index contributed by atoms with van der Waals surface area (Å²) in [5.74, 6) is 0. The summed E-state index contributed by atoms with van der Waals surface area (Å²) < 4.78 is 0. The lowest BCUT2D eigenvalue weighted by Gasteiger charge is -2.17. The number of hydrogen-bond donors (Lipinski definition) is 0. The Hall–Kier alpha value is -0.240. The van der Waals surface area contributed by atoms with Crippen LogP contribution in [0.25, 0.3) is 0 Å². The summed E-state index contributed by atoms with van der Waals surface area (Å²) in [5, 5.41) is 5.89. The van der Waals surface area contributed by atoms with Crippen LogP contribution in [0.15, 0.2) is 12.1 Å². The van der Waals surface area contributed by atoms with Gasteiger partial charge in [0.1, 0.15) is 0 Å². The molecule has 12 heavy (non-hydrogen) atoms. The quantitative estimate of drug-likeness (QED) is 0.612. The van der Waals surface area contributed by atoms with Crippen molar-refractivity contribution in [2.75, 3.05) is 6.54 Å². The van der Waals surface area contributed by atoms with Gasteiger partial charge in [-0.05, 0) is 29.7 Å². The van der Waals surface area contributed by atoms with Gasteiger partial charge in [0, 0.05) is 23.1 Å². The van der Waals surface area contributed by atoms with Gasteiger partial charge in [-0.2, -0.15) is 0 Å². The standard InChI is InChI=1S/C9H8Cl2N/c10-8-1-2-9(11)7-5-12-4-3-6(7)8/h1-2H,3-5H2. The highest BCUT2D eigenvalue weighted by molar-refractivity contribution is 6.34. The highest BCUT2D eigenvalue weighted by Gasteiger charge is 2.14. The zero-order chi connectivity index (χ0) is 8.55. The predicted octanol–water partition coefficient (Wildman–Crippen LogP) is 2.65. The molecule has 0 saturated heterocycles. The van der Waals surface area contributed by atoms with Crippen LogP contribution < -0.4 is 5.32 Å². The number of halogens is 2. The van der Waals surface area contributed by atoms with E-state index in [0.29, 0.717) is 6.54 Å². The molecule has 0 N–H and O–H groups in total. The second-order valence-electron chi connectivity index (χ2n) is 2.84. The van der Waals surface area contributed by atoms with Crippen molar-refractivity contribution in [3.63, 3.8) is 0 Å². The largest absolute Gasteiger partial charge is 0.237 e. The molecule has 0 aliphatic carbocycles. The summed E-state index contributed by atoms with van der Waals surface area (Å²) >= 11 is 12.0. The van der Waals surface area contributed by atoms with Crippen LogP contribution in [0.3, 0.4) is 0 Å². The fraction of sp³-hybridized carbons (Fsp3) is 0.333. The number of nitrogens with zero attached hydrogens (tertiary/aromatic N) is 1. The van der Waals surface area contributed by atoms with E-state index in [1.54, 1.807) is 0 Å². The summed E-state index contributed by atoms with van der Waals surface area (Å²) in [5.41, 5.74) is 2.29. The fourth-order valence-electron chi connectivity index (χ4n) is 1.46. The third kappa shape index (κ3) is 1.33. The van der Waals surface area contributed by atoms with Gasteiger partial charge in [0.2, 0.25) is 0 Å². The molecule has 63 valence electrons. The summed E-state index contributed by atoms with van der Waals surface area (Å²) in [6, 6.07) is 3.69. The molecule has 1 heterocycles. The topological polar surface area (TPSA) is 14.1 Å². The Morgan fingerprint density at radius 2 is 1.75 bits per heavy atom. The monoisotopic (exact) mass is 200 g/mol. The maximum atomic E-state index is 6.01. The first-order valence-electron chi connectivity index (χ1n) is 3.88. The van der Waals surface area contributed by atoms with Gasteiger partial charge in [0.25, 0.3) is 0 Å². The molecule has 0 amide bonds. The highest BCUT2D eigenvalue weighted by atomic mass is 35.5. The third-order valence-electron chi connectivity index (χ3n) is 2.11. The Bertz CT molecular complexity index is 279. The highest BCUT2D eigenvalue weighted by Crippen LogP contribution is 2.29. The van der Waals surface area contributed by atoms with E-state index in [0.717, 1.165) is 28.6 Å². The van der Waals surface area contributed by atoms with Crippen molar-refractivity contribution < 1.29 is 0 Å². The van der Waals surface area contributed by atoms with Crippen LogP contribution in [0, 0.1) is 0 Å². The minimum absolute atomic E-state index is 0.717. The molecule has 0 unspecified atom stereocenters. The molecule has 0 spiro atoms. The van der Waals surface area contributed by atoms with Crippen molar-refractivity contribution in [1.82, 2.24) is 5.32 Å². The van der Waals surface area contributed by atoms with E-state index >= 15 is 0 Å². The van der Waals surface area contributed by atoms with Crippen LogP contribution in [0.1, 0.15) is 11.1 Å². The van der Waals surface area contributed by atoms with Gasteiger partial charge in [-0.25, -0.2) is 5.32 Å². The predicted molar refractivity (Wildman–Crippen MR) is 50.9 cm³/mol. The molecule has 0 bridgehead atoms. The first-order valence-corrected chi connectivity index (χ1v) is 4.63. The van der Waals surface area contributed by atoms with Crippen LogP contribution in [0.4, 0.5) is 0 Å². The molecular formula is C9H8Cl2N. The Kier molecular flexibility index (Phi) is 2.26. The van der Waals surface area contributed by atoms with Crippen LogP contribution >= 0.6 is 23.2 Å². The molecule has 1 nitrogen and oxygen atoms in total. The van der Waals surface area contributed by atoms with E-state index < -0.39 is 0 Å². The molecule has 0 atom stereocenters. The van der Waals surface area contributed by atoms with Gasteiger partial charge in [-0.1, -0.05) is 23.2 Å². The smallest absolute Gasteiger partial charge is 0.0455 e. The van der Waals surface area contributed by atoms with E-state index in [4.69, 9.17) is 23.2 Å². The summed E-state index contributed by atoms with van der Waals surface area (Å²) in [4.78, 5) is 0. The Morgan fingerprint density at radius 1 is 1.08 bits per heavy atom. The van der Waals surface area contributed by atoms with Gasteiger partial charge in [0.15, 0.2) is 0 Å². The van der Waals surface area contributed by atoms with Gasteiger partial charge in [-0.3, -0.25) is 0 Å². The molecule has 1 radical (unpaired) electrons. The molecule has 0 aromatic heterocycles. The maximum Gasteiger partial charge on any atom is 0.0455 e. The van der Waals surface area contributed by atoms with Crippen LogP contribution in [0.5, 0.6) is 0 Å². The molecule has 1 aliphatic rings. The average molecular weight is 201 g/mol. The van der Waals surface area contributed by atoms with Crippen molar-refractivity contribution >= 4 is 23.2 Å². The van der Waals surface area contributed by atoms with Crippen molar-refractivity contribution in [3.8, 4) is 0 Å². The molecule has 1 aliphatic heterocycles. The van der Waals surface area contributed by atoms with Crippen LogP contribution in [-0.4, -0.2) is 6.54 Å². The van der Waals surface area contributed by atoms with E-state index in [1.165, 1.54) is 5.56 Å². The zero-order valence-corrected chi connectivity index (χ0v) is 7.99. The second kappa shape index (κ2) is 3.25. The maximum absolute atomic E-state index is 6.01. The first kappa shape index (κ1) is 8.36. The molecule has 1 aromatic rings. The molecule has 1 aromatic carbocycles. The van der Waals surface area contributed by atoms with E-state index in [9.17, 15) is 0 Å². The van der Waals surface area contributed by atoms with Gasteiger partial charge in [-0.15, -0.1) is 0 Å². The SMILES string of the molecule is Clc1ccc(Cl)c2c1CC[N]C2. The van der Waals surface area contributed by atoms with E-state index in [1.807, 2.05) is 12.1 Å². The van der Waals surface area contributed by atoms with Crippen molar-refractivity contribution in [2.45, 2.75) is 13.0 Å². The lowest BCUT2D eigenvalue weighted by molar-refractivity contribution is 0.630. The molecule has 0 saturated carbocycles. The van der Waals surface area contributed by atoms with Crippen LogP contribution in [0.2, 0.25) is 10.0 Å². The number of fused-ring (bicyclic) bond motifs is 1. The zero-order valence-electron chi connectivity index (χ0n) is 6.48. The summed E-state index contributed by atoms with van der Waals surface area (Å²) in [6.07, 6.45) is 0.925.